The number of imide groups is 1. The molecule has 2 aromatic heterocycles. The molecule has 0 radical (unpaired) electrons. The number of carbonyl (C=O) groups excluding carboxylic acids is 2. The third kappa shape index (κ3) is 3.59. The van der Waals surface area contributed by atoms with Gasteiger partial charge < -0.3 is 55.1 Å². The maximum absolute atomic E-state index is 14.1. The van der Waals surface area contributed by atoms with Gasteiger partial charge in [-0.05, 0) is 24.3 Å². The van der Waals surface area contributed by atoms with Gasteiger partial charge in [-0.15, -0.1) is 0 Å². The zero-order valence-electron chi connectivity index (χ0n) is 22.2. The number of aliphatic hydroxyl groups excluding tert-OH is 6. The number of hydrogen-bond acceptors (Lipinski definition) is 11. The summed E-state index contributed by atoms with van der Waals surface area (Å²) < 4.78 is 7.34. The van der Waals surface area contributed by atoms with Crippen molar-refractivity contribution in [2.75, 3.05) is 19.8 Å². The fourth-order valence-corrected chi connectivity index (χ4v) is 6.54. The molecule has 5 aromatic rings. The standard InChI is InChI=1S/C29H27N3O11/c33-7-10(8-34)31-27(41)20-18-13-3-1-11(36)5-15(13)30-22(18)23-19(21(20)28(31)42)14-4-2-12(37)6-16(14)32(23)29-26(40)25(39)24(38)17(9-35)43-29/h1-6,10,17,24-26,29-30,33-40H,7-9H2/t17-,24-,25+,26-,29-/m1/s1. The Morgan fingerprint density at radius 3 is 2.09 bits per heavy atom. The Balaban J connectivity index is 1.69. The van der Waals surface area contributed by atoms with Crippen LogP contribution in [0.5, 0.6) is 11.5 Å². The first-order valence-electron chi connectivity index (χ1n) is 13.5. The van der Waals surface area contributed by atoms with Gasteiger partial charge in [0.15, 0.2) is 6.23 Å². The summed E-state index contributed by atoms with van der Waals surface area (Å²) in [5, 5.41) is 84.0. The number of carbonyl (C=O) groups is 2. The Morgan fingerprint density at radius 2 is 1.44 bits per heavy atom. The third-order valence-corrected chi connectivity index (χ3v) is 8.53. The highest BCUT2D eigenvalue weighted by Crippen LogP contribution is 2.48. The molecule has 1 saturated heterocycles. The highest BCUT2D eigenvalue weighted by atomic mass is 16.6. The summed E-state index contributed by atoms with van der Waals surface area (Å²) in [4.78, 5) is 32.0. The fourth-order valence-electron chi connectivity index (χ4n) is 6.54. The summed E-state index contributed by atoms with van der Waals surface area (Å²) in [6.07, 6.45) is -7.91. The molecule has 7 rings (SSSR count). The molecule has 2 amide bonds. The molecule has 1 fully saturated rings. The van der Waals surface area contributed by atoms with Crippen LogP contribution in [0.3, 0.4) is 0 Å². The zero-order valence-corrected chi connectivity index (χ0v) is 22.2. The van der Waals surface area contributed by atoms with Crippen molar-refractivity contribution in [3.05, 3.63) is 47.5 Å². The lowest BCUT2D eigenvalue weighted by Gasteiger charge is -2.41. The monoisotopic (exact) mass is 593 g/mol. The number of fused-ring (bicyclic) bond motifs is 10. The van der Waals surface area contributed by atoms with Crippen LogP contribution in [0.4, 0.5) is 0 Å². The molecule has 0 bridgehead atoms. The van der Waals surface area contributed by atoms with E-state index in [-0.39, 0.29) is 49.9 Å². The average Bonchev–Trinajstić information content (AvgIpc) is 3.60. The van der Waals surface area contributed by atoms with Crippen LogP contribution in [0.15, 0.2) is 36.4 Å². The third-order valence-electron chi connectivity index (χ3n) is 8.53. The quantitative estimate of drug-likeness (QED) is 0.121. The number of aromatic amines is 1. The number of rotatable bonds is 5. The van der Waals surface area contributed by atoms with Crippen LogP contribution in [0.2, 0.25) is 0 Å². The number of benzene rings is 3. The van der Waals surface area contributed by atoms with Gasteiger partial charge in [0.2, 0.25) is 0 Å². The minimum Gasteiger partial charge on any atom is -0.508 e. The number of nitrogens with zero attached hydrogens (tertiary/aromatic N) is 2. The number of H-pyrrole nitrogens is 1. The first-order chi connectivity index (χ1) is 20.6. The molecule has 43 heavy (non-hydrogen) atoms. The fraction of sp³-hybridized carbons (Fsp3) is 0.310. The molecular weight excluding hydrogens is 566 g/mol. The minimum absolute atomic E-state index is 0.0164. The highest BCUT2D eigenvalue weighted by molar-refractivity contribution is 6.39. The van der Waals surface area contributed by atoms with Crippen molar-refractivity contribution in [2.45, 2.75) is 36.7 Å². The van der Waals surface area contributed by atoms with Gasteiger partial charge in [-0.3, -0.25) is 14.5 Å². The van der Waals surface area contributed by atoms with Gasteiger partial charge >= 0.3 is 0 Å². The van der Waals surface area contributed by atoms with Gasteiger partial charge in [0.1, 0.15) is 35.9 Å². The van der Waals surface area contributed by atoms with Crippen molar-refractivity contribution in [1.29, 1.82) is 0 Å². The summed E-state index contributed by atoms with van der Waals surface area (Å²) >= 11 is 0. The molecule has 2 aliphatic rings. The number of phenols is 2. The van der Waals surface area contributed by atoms with E-state index in [4.69, 9.17) is 4.74 Å². The molecular formula is C29H27N3O11. The van der Waals surface area contributed by atoms with Crippen LogP contribution in [-0.2, 0) is 4.74 Å². The van der Waals surface area contributed by atoms with Gasteiger partial charge in [-0.1, -0.05) is 0 Å². The lowest BCUT2D eigenvalue weighted by atomic mass is 9.96. The topological polar surface area (TPSA) is 229 Å². The molecule has 2 aliphatic heterocycles. The largest absolute Gasteiger partial charge is 0.508 e. The molecule has 0 spiro atoms. The van der Waals surface area contributed by atoms with E-state index in [1.807, 2.05) is 0 Å². The van der Waals surface area contributed by atoms with Gasteiger partial charge in [-0.25, -0.2) is 0 Å². The summed E-state index contributed by atoms with van der Waals surface area (Å²) in [6, 6.07) is 7.34. The minimum atomic E-state index is -1.75. The van der Waals surface area contributed by atoms with Crippen LogP contribution in [-0.4, -0.2) is 117 Å². The molecule has 14 heteroatoms. The Hall–Kier alpha value is -4.28. The van der Waals surface area contributed by atoms with E-state index in [0.29, 0.717) is 16.3 Å². The Morgan fingerprint density at radius 1 is 0.814 bits per heavy atom. The first kappa shape index (κ1) is 27.5. The molecule has 3 aromatic carbocycles. The molecule has 0 saturated carbocycles. The van der Waals surface area contributed by atoms with Crippen molar-refractivity contribution in [3.63, 3.8) is 0 Å². The van der Waals surface area contributed by atoms with Gasteiger partial charge in [0.05, 0.1) is 59.1 Å². The number of amides is 2. The van der Waals surface area contributed by atoms with Crippen molar-refractivity contribution in [2.24, 2.45) is 0 Å². The predicted molar refractivity (Wildman–Crippen MR) is 150 cm³/mol. The van der Waals surface area contributed by atoms with Gasteiger partial charge in [0.25, 0.3) is 11.8 Å². The van der Waals surface area contributed by atoms with Crippen molar-refractivity contribution in [3.8, 4) is 11.5 Å². The van der Waals surface area contributed by atoms with E-state index in [1.165, 1.54) is 34.9 Å². The predicted octanol–water partition coefficient (Wildman–Crippen LogP) is -0.238. The molecule has 14 nitrogen and oxygen atoms in total. The van der Waals surface area contributed by atoms with Crippen LogP contribution in [0, 0.1) is 0 Å². The molecule has 0 aliphatic carbocycles. The Bertz CT molecular complexity index is 1980. The van der Waals surface area contributed by atoms with E-state index in [0.717, 1.165) is 4.90 Å². The summed E-state index contributed by atoms with van der Waals surface area (Å²) in [5.41, 5.74) is 1.01. The normalized spacial score (nSPS) is 24.4. The van der Waals surface area contributed by atoms with Gasteiger partial charge in [0, 0.05) is 33.7 Å². The molecule has 5 atom stereocenters. The zero-order chi connectivity index (χ0) is 30.5. The van der Waals surface area contributed by atoms with Crippen molar-refractivity contribution < 1.29 is 55.2 Å². The molecule has 224 valence electrons. The van der Waals surface area contributed by atoms with Crippen molar-refractivity contribution in [1.82, 2.24) is 14.5 Å². The SMILES string of the molecule is O=C1c2c(c3c4ccc(O)cc4n([C@@H]4O[C@H](CO)[C@@H](O)[C@H](O)[C@H]4O)c3c3[nH]c4cc(O)ccc4c23)C(=O)N1C(CO)CO. The lowest BCUT2D eigenvalue weighted by Crippen LogP contribution is -2.56. The second-order valence-corrected chi connectivity index (χ2v) is 10.9. The highest BCUT2D eigenvalue weighted by Gasteiger charge is 2.48. The number of phenolic OH excluding ortho intramolecular Hbond substituents is 2. The smallest absolute Gasteiger partial charge is 0.262 e. The maximum atomic E-state index is 14.1. The van der Waals surface area contributed by atoms with E-state index in [1.54, 1.807) is 6.07 Å². The van der Waals surface area contributed by atoms with E-state index < -0.39 is 68.3 Å². The number of ether oxygens (including phenoxy) is 1. The average molecular weight is 594 g/mol. The summed E-state index contributed by atoms with van der Waals surface area (Å²) in [5.74, 6) is -1.84. The summed E-state index contributed by atoms with van der Waals surface area (Å²) in [7, 11) is 0. The number of aliphatic hydroxyl groups is 6. The Labute approximate surface area is 240 Å². The number of aromatic nitrogens is 2. The number of aromatic hydroxyl groups is 2. The second-order valence-electron chi connectivity index (χ2n) is 10.9. The maximum Gasteiger partial charge on any atom is 0.262 e. The van der Waals surface area contributed by atoms with Crippen LogP contribution >= 0.6 is 0 Å². The van der Waals surface area contributed by atoms with Crippen LogP contribution in [0.25, 0.3) is 43.6 Å². The van der Waals surface area contributed by atoms with E-state index >= 15 is 0 Å². The first-order valence-corrected chi connectivity index (χ1v) is 13.5. The second kappa shape index (κ2) is 9.62. The van der Waals surface area contributed by atoms with Crippen LogP contribution < -0.4 is 0 Å². The van der Waals surface area contributed by atoms with Crippen molar-refractivity contribution >= 4 is 55.4 Å². The molecule has 0 unspecified atom stereocenters. The van der Waals surface area contributed by atoms with E-state index in [9.17, 15) is 50.4 Å². The lowest BCUT2D eigenvalue weighted by molar-refractivity contribution is -0.249. The molecule has 4 heterocycles. The number of nitrogens with one attached hydrogen (secondary N) is 1. The van der Waals surface area contributed by atoms with Gasteiger partial charge in [-0.2, -0.15) is 0 Å². The molecule has 9 N–H and O–H groups in total. The van der Waals surface area contributed by atoms with E-state index in [2.05, 4.69) is 4.98 Å². The number of hydrogen-bond donors (Lipinski definition) is 9. The van der Waals surface area contributed by atoms with Crippen LogP contribution in [0.1, 0.15) is 26.9 Å². The summed E-state index contributed by atoms with van der Waals surface area (Å²) in [6.45, 7) is -2.10. The Kier molecular flexibility index (Phi) is 6.16.